The number of thiazole rings is 1. The van der Waals surface area contributed by atoms with Crippen LogP contribution in [0.3, 0.4) is 0 Å². The molecule has 0 spiro atoms. The second-order valence-corrected chi connectivity index (χ2v) is 7.31. The van der Waals surface area contributed by atoms with Gasteiger partial charge in [-0.05, 0) is 37.1 Å². The molecule has 1 aromatic heterocycles. The molecule has 140 valence electrons. The molecule has 1 amide bonds. The molecule has 0 bridgehead atoms. The molecule has 1 unspecified atom stereocenters. The summed E-state index contributed by atoms with van der Waals surface area (Å²) in [6.45, 7) is 4.58. The van der Waals surface area contributed by atoms with Crippen LogP contribution in [0.2, 0.25) is 0 Å². The Bertz CT molecular complexity index is 860. The quantitative estimate of drug-likeness (QED) is 0.624. The summed E-state index contributed by atoms with van der Waals surface area (Å²) in [5.41, 5.74) is 3.10. The van der Waals surface area contributed by atoms with Crippen LogP contribution in [0.4, 0.5) is 0 Å². The fourth-order valence-corrected chi connectivity index (χ4v) is 3.67. The maximum atomic E-state index is 12.4. The van der Waals surface area contributed by atoms with Crippen LogP contribution in [-0.4, -0.2) is 17.5 Å². The van der Waals surface area contributed by atoms with Crippen molar-refractivity contribution in [3.63, 3.8) is 0 Å². The molecule has 0 aliphatic heterocycles. The standard InChI is InChI=1S/C22H24N2O2S/c1-3-26-20-11-9-18(10-12-20)16(2)23-21(25)14-19-15-27-22(24-19)13-17-7-5-4-6-8-17/h4-12,15-16H,3,13-14H2,1-2H3,(H,23,25). The molecule has 1 N–H and O–H groups in total. The van der Waals surface area contributed by atoms with E-state index in [9.17, 15) is 4.79 Å². The van der Waals surface area contributed by atoms with Crippen molar-refractivity contribution < 1.29 is 9.53 Å². The molecule has 5 heteroatoms. The van der Waals surface area contributed by atoms with Crippen LogP contribution >= 0.6 is 11.3 Å². The largest absolute Gasteiger partial charge is 0.494 e. The molecule has 0 aliphatic carbocycles. The van der Waals surface area contributed by atoms with Gasteiger partial charge in [0.25, 0.3) is 0 Å². The normalized spacial score (nSPS) is 11.8. The van der Waals surface area contributed by atoms with Crippen LogP contribution in [0.15, 0.2) is 60.0 Å². The third-order valence-corrected chi connectivity index (χ3v) is 5.11. The number of rotatable bonds is 8. The molecular formula is C22H24N2O2S. The predicted molar refractivity (Wildman–Crippen MR) is 109 cm³/mol. The lowest BCUT2D eigenvalue weighted by Gasteiger charge is -2.14. The van der Waals surface area contributed by atoms with Gasteiger partial charge in [0, 0.05) is 11.8 Å². The summed E-state index contributed by atoms with van der Waals surface area (Å²) in [7, 11) is 0. The van der Waals surface area contributed by atoms with Gasteiger partial charge in [-0.1, -0.05) is 42.5 Å². The Kier molecular flexibility index (Phi) is 6.60. The zero-order valence-corrected chi connectivity index (χ0v) is 16.5. The SMILES string of the molecule is CCOc1ccc(C(C)NC(=O)Cc2csc(Cc3ccccc3)n2)cc1. The smallest absolute Gasteiger partial charge is 0.226 e. The van der Waals surface area contributed by atoms with Crippen molar-refractivity contribution >= 4 is 17.2 Å². The third kappa shape index (κ3) is 5.66. The van der Waals surface area contributed by atoms with E-state index in [1.165, 1.54) is 5.56 Å². The van der Waals surface area contributed by atoms with Crippen molar-refractivity contribution in [2.45, 2.75) is 32.7 Å². The highest BCUT2D eigenvalue weighted by molar-refractivity contribution is 7.09. The maximum absolute atomic E-state index is 12.4. The van der Waals surface area contributed by atoms with Crippen molar-refractivity contribution in [2.24, 2.45) is 0 Å². The van der Waals surface area contributed by atoms with E-state index in [0.29, 0.717) is 13.0 Å². The number of nitrogens with zero attached hydrogens (tertiary/aromatic N) is 1. The number of benzene rings is 2. The Morgan fingerprint density at radius 3 is 2.59 bits per heavy atom. The highest BCUT2D eigenvalue weighted by Crippen LogP contribution is 2.18. The molecule has 3 aromatic rings. The lowest BCUT2D eigenvalue weighted by Crippen LogP contribution is -2.28. The molecule has 4 nitrogen and oxygen atoms in total. The van der Waals surface area contributed by atoms with Gasteiger partial charge in [0.1, 0.15) is 5.75 Å². The zero-order chi connectivity index (χ0) is 19.1. The topological polar surface area (TPSA) is 51.2 Å². The van der Waals surface area contributed by atoms with Crippen LogP contribution in [0.25, 0.3) is 0 Å². The van der Waals surface area contributed by atoms with Crippen molar-refractivity contribution in [3.8, 4) is 5.75 Å². The van der Waals surface area contributed by atoms with Gasteiger partial charge in [-0.25, -0.2) is 4.98 Å². The summed E-state index contributed by atoms with van der Waals surface area (Å²) in [5.74, 6) is 0.821. The zero-order valence-electron chi connectivity index (χ0n) is 15.6. The highest BCUT2D eigenvalue weighted by atomic mass is 32.1. The first-order chi connectivity index (χ1) is 13.1. The number of hydrogen-bond donors (Lipinski definition) is 1. The monoisotopic (exact) mass is 380 g/mol. The van der Waals surface area contributed by atoms with Gasteiger partial charge in [-0.15, -0.1) is 11.3 Å². The van der Waals surface area contributed by atoms with Gasteiger partial charge in [0.15, 0.2) is 0 Å². The van der Waals surface area contributed by atoms with Crippen molar-refractivity contribution in [2.75, 3.05) is 6.61 Å². The number of amides is 1. The van der Waals surface area contributed by atoms with Crippen LogP contribution in [0, 0.1) is 0 Å². The average Bonchev–Trinajstić information content (AvgIpc) is 3.10. The first-order valence-electron chi connectivity index (χ1n) is 9.13. The lowest BCUT2D eigenvalue weighted by molar-refractivity contribution is -0.121. The molecule has 0 saturated heterocycles. The van der Waals surface area contributed by atoms with Crippen LogP contribution in [0.5, 0.6) is 5.75 Å². The van der Waals surface area contributed by atoms with Gasteiger partial charge in [0.05, 0.1) is 29.8 Å². The molecular weight excluding hydrogens is 356 g/mol. The molecule has 27 heavy (non-hydrogen) atoms. The average molecular weight is 381 g/mol. The van der Waals surface area contributed by atoms with E-state index in [4.69, 9.17) is 4.74 Å². The van der Waals surface area contributed by atoms with E-state index in [2.05, 4.69) is 22.4 Å². The second kappa shape index (κ2) is 9.33. The third-order valence-electron chi connectivity index (χ3n) is 4.21. The number of nitrogens with one attached hydrogen (secondary N) is 1. The predicted octanol–water partition coefficient (Wildman–Crippen LogP) is 4.55. The lowest BCUT2D eigenvalue weighted by atomic mass is 10.1. The molecule has 2 aromatic carbocycles. The Morgan fingerprint density at radius 1 is 1.15 bits per heavy atom. The summed E-state index contributed by atoms with van der Waals surface area (Å²) in [4.78, 5) is 17.0. The summed E-state index contributed by atoms with van der Waals surface area (Å²) in [6, 6.07) is 18.0. The summed E-state index contributed by atoms with van der Waals surface area (Å²) in [6.07, 6.45) is 1.10. The Morgan fingerprint density at radius 2 is 1.89 bits per heavy atom. The van der Waals surface area contributed by atoms with Gasteiger partial charge in [-0.2, -0.15) is 0 Å². The van der Waals surface area contributed by atoms with E-state index in [1.54, 1.807) is 11.3 Å². The molecule has 3 rings (SSSR count). The molecule has 1 heterocycles. The Labute approximate surface area is 164 Å². The minimum Gasteiger partial charge on any atom is -0.494 e. The van der Waals surface area contributed by atoms with Crippen molar-refractivity contribution in [1.82, 2.24) is 10.3 Å². The summed E-state index contributed by atoms with van der Waals surface area (Å²) < 4.78 is 5.45. The van der Waals surface area contributed by atoms with E-state index >= 15 is 0 Å². The van der Waals surface area contributed by atoms with Crippen LogP contribution < -0.4 is 10.1 Å². The Hall–Kier alpha value is -2.66. The van der Waals surface area contributed by atoms with E-state index in [-0.39, 0.29) is 11.9 Å². The first kappa shape index (κ1) is 19.1. The molecule has 0 fully saturated rings. The number of ether oxygens (including phenoxy) is 1. The minimum absolute atomic E-state index is 0.0204. The van der Waals surface area contributed by atoms with Gasteiger partial charge < -0.3 is 10.1 Å². The second-order valence-electron chi connectivity index (χ2n) is 6.36. The molecule has 0 saturated carbocycles. The number of aromatic nitrogens is 1. The number of carbonyl (C=O) groups is 1. The van der Waals surface area contributed by atoms with E-state index in [1.807, 2.05) is 61.7 Å². The number of carbonyl (C=O) groups excluding carboxylic acids is 1. The van der Waals surface area contributed by atoms with Gasteiger partial charge >= 0.3 is 0 Å². The molecule has 0 aliphatic rings. The van der Waals surface area contributed by atoms with Crippen LogP contribution in [0.1, 0.15) is 41.7 Å². The van der Waals surface area contributed by atoms with Crippen LogP contribution in [-0.2, 0) is 17.6 Å². The minimum atomic E-state index is -0.0596. The number of hydrogen-bond acceptors (Lipinski definition) is 4. The van der Waals surface area contributed by atoms with Crippen molar-refractivity contribution in [1.29, 1.82) is 0 Å². The van der Waals surface area contributed by atoms with E-state index < -0.39 is 0 Å². The first-order valence-corrected chi connectivity index (χ1v) is 10.0. The van der Waals surface area contributed by atoms with Gasteiger partial charge in [0.2, 0.25) is 5.91 Å². The fraction of sp³-hybridized carbons (Fsp3) is 0.273. The van der Waals surface area contributed by atoms with Crippen molar-refractivity contribution in [3.05, 3.63) is 81.8 Å². The summed E-state index contributed by atoms with van der Waals surface area (Å²) in [5, 5.41) is 6.04. The fourth-order valence-electron chi connectivity index (χ4n) is 2.84. The van der Waals surface area contributed by atoms with E-state index in [0.717, 1.165) is 28.4 Å². The Balaban J connectivity index is 1.53. The molecule has 0 radical (unpaired) electrons. The van der Waals surface area contributed by atoms with Gasteiger partial charge in [-0.3, -0.25) is 4.79 Å². The highest BCUT2D eigenvalue weighted by Gasteiger charge is 2.12. The summed E-state index contributed by atoms with van der Waals surface area (Å²) >= 11 is 1.60. The molecule has 1 atom stereocenters. The maximum Gasteiger partial charge on any atom is 0.226 e.